The Hall–Kier alpha value is -1.38. The van der Waals surface area contributed by atoms with Crippen LogP contribution in [0, 0.1) is 0 Å². The van der Waals surface area contributed by atoms with E-state index in [0.29, 0.717) is 0 Å². The van der Waals surface area contributed by atoms with E-state index in [0.717, 1.165) is 0 Å². The van der Waals surface area contributed by atoms with E-state index < -0.39 is 16.2 Å². The van der Waals surface area contributed by atoms with E-state index in [1.54, 1.807) is 0 Å². The van der Waals surface area contributed by atoms with E-state index in [9.17, 15) is 13.2 Å². The van der Waals surface area contributed by atoms with Gasteiger partial charge < -0.3 is 11.6 Å². The zero-order valence-corrected chi connectivity index (χ0v) is 5.50. The quantitative estimate of drug-likeness (QED) is 0.254. The average molecular weight is 167 g/mol. The van der Waals surface area contributed by atoms with Crippen LogP contribution in [0.15, 0.2) is 9.74 Å². The Labute approximate surface area is 56.4 Å². The molecule has 0 saturated carbocycles. The van der Waals surface area contributed by atoms with Gasteiger partial charge in [-0.3, -0.25) is 0 Å². The molecule has 58 valence electrons. The molecule has 0 aromatic rings. The SMILES string of the molecule is NN=NS(=O)(=O)NC(N)=O. The van der Waals surface area contributed by atoms with Crippen molar-refractivity contribution >= 4 is 16.2 Å². The Morgan fingerprint density at radius 2 is 2.00 bits per heavy atom. The molecule has 5 N–H and O–H groups in total. The first kappa shape index (κ1) is 8.62. The zero-order valence-electron chi connectivity index (χ0n) is 4.68. The Morgan fingerprint density at radius 1 is 1.50 bits per heavy atom. The molecule has 0 heterocycles. The van der Waals surface area contributed by atoms with Crippen LogP contribution >= 0.6 is 0 Å². The van der Waals surface area contributed by atoms with Gasteiger partial charge in [-0.1, -0.05) is 5.22 Å². The molecule has 0 unspecified atom stereocenters. The predicted octanol–water partition coefficient (Wildman–Crippen LogP) is -1.77. The summed E-state index contributed by atoms with van der Waals surface area (Å²) >= 11 is 0. The molecule has 0 saturated heterocycles. The van der Waals surface area contributed by atoms with Gasteiger partial charge in [0.05, 0.1) is 0 Å². The van der Waals surface area contributed by atoms with E-state index in [1.807, 2.05) is 0 Å². The van der Waals surface area contributed by atoms with Gasteiger partial charge in [-0.05, 0) is 4.52 Å². The van der Waals surface area contributed by atoms with Gasteiger partial charge in [0.1, 0.15) is 0 Å². The smallest absolute Gasteiger partial charge is 0.351 e. The first-order valence-corrected chi connectivity index (χ1v) is 3.36. The topological polar surface area (TPSA) is 140 Å². The molecule has 10 heavy (non-hydrogen) atoms. The molecular formula is CH5N5O3S. The molecule has 0 bridgehead atoms. The fourth-order valence-electron chi connectivity index (χ4n) is 0.210. The Morgan fingerprint density at radius 3 is 2.30 bits per heavy atom. The van der Waals surface area contributed by atoms with Crippen molar-refractivity contribution in [1.82, 2.24) is 4.72 Å². The second-order valence-corrected chi connectivity index (χ2v) is 2.46. The molecule has 0 aromatic carbocycles. The van der Waals surface area contributed by atoms with Gasteiger partial charge in [-0.25, -0.2) is 9.52 Å². The lowest BCUT2D eigenvalue weighted by Gasteiger charge is -1.92. The summed E-state index contributed by atoms with van der Waals surface area (Å²) in [5, 5.41) is 2.43. The van der Waals surface area contributed by atoms with Crippen LogP contribution in [0.5, 0.6) is 0 Å². The van der Waals surface area contributed by atoms with E-state index in [2.05, 4.69) is 21.3 Å². The Balaban J connectivity index is 4.30. The number of hydrogen-bond acceptors (Lipinski definition) is 4. The van der Waals surface area contributed by atoms with Gasteiger partial charge in [-0.2, -0.15) is 8.42 Å². The van der Waals surface area contributed by atoms with Crippen molar-refractivity contribution < 1.29 is 13.2 Å². The highest BCUT2D eigenvalue weighted by atomic mass is 32.2. The fourth-order valence-corrected chi connectivity index (χ4v) is 0.629. The maximum atomic E-state index is 10.3. The molecule has 2 amide bonds. The number of carbonyl (C=O) groups is 1. The second-order valence-electron chi connectivity index (χ2n) is 1.14. The van der Waals surface area contributed by atoms with E-state index >= 15 is 0 Å². The zero-order chi connectivity index (χ0) is 8.20. The van der Waals surface area contributed by atoms with Crippen molar-refractivity contribution in [3.8, 4) is 0 Å². The number of primary amides is 1. The van der Waals surface area contributed by atoms with Gasteiger partial charge >= 0.3 is 16.2 Å². The van der Waals surface area contributed by atoms with Crippen LogP contribution in [-0.4, -0.2) is 14.4 Å². The molecular weight excluding hydrogens is 162 g/mol. The minimum absolute atomic E-state index is 1.24. The van der Waals surface area contributed by atoms with Crippen molar-refractivity contribution in [2.24, 2.45) is 21.3 Å². The van der Waals surface area contributed by atoms with Gasteiger partial charge in [0, 0.05) is 0 Å². The molecule has 0 rings (SSSR count). The standard InChI is InChI=1S/CH5N5O3S/c2-1(7)4-10(8,9)6-5-3/h(H2,3,6)(H3,2,4,7). The van der Waals surface area contributed by atoms with Crippen molar-refractivity contribution in [2.45, 2.75) is 0 Å². The summed E-state index contributed by atoms with van der Waals surface area (Å²) in [5.41, 5.74) is 4.44. The molecule has 0 spiro atoms. The number of nitrogens with zero attached hydrogens (tertiary/aromatic N) is 2. The van der Waals surface area contributed by atoms with E-state index in [-0.39, 0.29) is 0 Å². The summed E-state index contributed by atoms with van der Waals surface area (Å²) in [6.45, 7) is 0. The van der Waals surface area contributed by atoms with Crippen LogP contribution in [0.4, 0.5) is 4.79 Å². The highest BCUT2D eigenvalue weighted by molar-refractivity contribution is 7.88. The van der Waals surface area contributed by atoms with Gasteiger partial charge in [-0.15, -0.1) is 0 Å². The molecule has 8 nitrogen and oxygen atoms in total. The second kappa shape index (κ2) is 2.96. The van der Waals surface area contributed by atoms with Crippen molar-refractivity contribution in [3.05, 3.63) is 0 Å². The lowest BCUT2D eigenvalue weighted by atomic mass is 11.2. The maximum Gasteiger partial charge on any atom is 0.364 e. The fraction of sp³-hybridized carbons (Fsp3) is 0. The van der Waals surface area contributed by atoms with Crippen LogP contribution in [0.2, 0.25) is 0 Å². The van der Waals surface area contributed by atoms with Gasteiger partial charge in [0.25, 0.3) is 0 Å². The van der Waals surface area contributed by atoms with E-state index in [1.165, 1.54) is 4.72 Å². The maximum absolute atomic E-state index is 10.3. The van der Waals surface area contributed by atoms with E-state index in [4.69, 9.17) is 0 Å². The molecule has 0 fully saturated rings. The first-order chi connectivity index (χ1) is 4.48. The summed E-state index contributed by atoms with van der Waals surface area (Å²) in [6, 6.07) is -1.24. The normalized spacial score (nSPS) is 11.6. The monoisotopic (exact) mass is 167 g/mol. The molecule has 0 aliphatic rings. The Kier molecular flexibility index (Phi) is 2.55. The summed E-state index contributed by atoms with van der Waals surface area (Å²) < 4.78 is 24.3. The number of carbonyl (C=O) groups excluding carboxylic acids is 1. The summed E-state index contributed by atoms with van der Waals surface area (Å²) in [5.74, 6) is 4.38. The van der Waals surface area contributed by atoms with Crippen LogP contribution in [0.3, 0.4) is 0 Å². The van der Waals surface area contributed by atoms with Gasteiger partial charge in [0.2, 0.25) is 0 Å². The number of rotatable bonds is 2. The average Bonchev–Trinajstić information content (AvgIpc) is 1.59. The largest absolute Gasteiger partial charge is 0.364 e. The summed E-state index contributed by atoms with van der Waals surface area (Å²) in [7, 11) is -4.12. The number of nitrogens with two attached hydrogens (primary N) is 2. The first-order valence-electron chi connectivity index (χ1n) is 1.92. The molecule has 0 radical (unpaired) electrons. The van der Waals surface area contributed by atoms with Crippen molar-refractivity contribution in [2.75, 3.05) is 0 Å². The summed E-state index contributed by atoms with van der Waals surface area (Å²) in [4.78, 5) is 9.88. The highest BCUT2D eigenvalue weighted by Gasteiger charge is 2.08. The number of hydrogen-bond donors (Lipinski definition) is 3. The number of amides is 2. The van der Waals surface area contributed by atoms with Crippen LogP contribution in [0.25, 0.3) is 0 Å². The Bertz CT molecular complexity index is 240. The molecule has 0 aliphatic carbocycles. The van der Waals surface area contributed by atoms with Crippen LogP contribution in [-0.2, 0) is 10.2 Å². The third kappa shape index (κ3) is 3.60. The third-order valence-electron chi connectivity index (χ3n) is 0.384. The molecule has 9 heteroatoms. The van der Waals surface area contributed by atoms with Crippen LogP contribution in [0.1, 0.15) is 0 Å². The third-order valence-corrected chi connectivity index (χ3v) is 1.15. The predicted molar refractivity (Wildman–Crippen MR) is 30.7 cm³/mol. The number of urea groups is 1. The van der Waals surface area contributed by atoms with Gasteiger partial charge in [0.15, 0.2) is 0 Å². The molecule has 0 aliphatic heterocycles. The molecule has 0 atom stereocenters. The molecule has 0 aromatic heterocycles. The number of nitrogens with one attached hydrogen (secondary N) is 1. The summed E-state index contributed by atoms with van der Waals surface area (Å²) in [6.07, 6.45) is 0. The minimum Gasteiger partial charge on any atom is -0.351 e. The lowest BCUT2D eigenvalue weighted by Crippen LogP contribution is -2.33. The minimum atomic E-state index is -4.12. The van der Waals surface area contributed by atoms with Crippen molar-refractivity contribution in [3.63, 3.8) is 0 Å². The van der Waals surface area contributed by atoms with Crippen molar-refractivity contribution in [1.29, 1.82) is 0 Å². The van der Waals surface area contributed by atoms with Crippen LogP contribution < -0.4 is 16.3 Å². The highest BCUT2D eigenvalue weighted by Crippen LogP contribution is 1.82. The lowest BCUT2D eigenvalue weighted by molar-refractivity contribution is 0.253.